The fourth-order valence-electron chi connectivity index (χ4n) is 4.14. The first-order valence-corrected chi connectivity index (χ1v) is 12.3. The number of rotatable bonds is 6. The molecule has 1 aliphatic carbocycles. The summed E-state index contributed by atoms with van der Waals surface area (Å²) in [6, 6.07) is 7.85. The van der Waals surface area contributed by atoms with Crippen LogP contribution in [0, 0.1) is 17.7 Å². The number of hydrogen-bond donors (Lipinski definition) is 1. The van der Waals surface area contributed by atoms with E-state index in [2.05, 4.69) is 15.2 Å². The van der Waals surface area contributed by atoms with E-state index in [1.807, 2.05) is 6.07 Å². The Bertz CT molecular complexity index is 1140. The average Bonchev–Trinajstić information content (AvgIpc) is 3.39. The monoisotopic (exact) mass is 463 g/mol. The highest BCUT2D eigenvalue weighted by atomic mass is 35.5. The van der Waals surface area contributed by atoms with Crippen LogP contribution in [0.4, 0.5) is 10.2 Å². The third-order valence-corrected chi connectivity index (χ3v) is 6.78. The van der Waals surface area contributed by atoms with Gasteiger partial charge in [-0.1, -0.05) is 29.8 Å². The van der Waals surface area contributed by atoms with Crippen molar-refractivity contribution in [3.8, 4) is 0 Å². The fraction of sp³-hybridized carbons (Fsp3) is 0.364. The van der Waals surface area contributed by atoms with Gasteiger partial charge < -0.3 is 10.2 Å². The van der Waals surface area contributed by atoms with E-state index in [1.54, 1.807) is 25.1 Å². The van der Waals surface area contributed by atoms with Crippen LogP contribution in [0.1, 0.15) is 35.3 Å². The van der Waals surface area contributed by atoms with E-state index in [0.29, 0.717) is 23.2 Å². The SMILES string of the molecule is C[C@H](/C=C/S(C)(=O)=O)NC(=O)c1ccc(N2C[C@H]3C[C@H]3[C@H]2c2cccc(F)c2Cl)nc1. The van der Waals surface area contributed by atoms with Crippen molar-refractivity contribution in [3.63, 3.8) is 0 Å². The molecule has 0 unspecified atom stereocenters. The lowest BCUT2D eigenvalue weighted by Gasteiger charge is -2.29. The molecule has 1 saturated carbocycles. The van der Waals surface area contributed by atoms with E-state index in [9.17, 15) is 17.6 Å². The van der Waals surface area contributed by atoms with Crippen molar-refractivity contribution in [3.05, 3.63) is 70.0 Å². The summed E-state index contributed by atoms with van der Waals surface area (Å²) in [6.07, 6.45) is 5.09. The van der Waals surface area contributed by atoms with Gasteiger partial charge in [0.1, 0.15) is 11.6 Å². The Hall–Kier alpha value is -2.45. The molecule has 9 heteroatoms. The first-order chi connectivity index (χ1) is 14.6. The maximum Gasteiger partial charge on any atom is 0.253 e. The van der Waals surface area contributed by atoms with Crippen LogP contribution < -0.4 is 10.2 Å². The van der Waals surface area contributed by atoms with Crippen molar-refractivity contribution < 1.29 is 17.6 Å². The topological polar surface area (TPSA) is 79.4 Å². The maximum absolute atomic E-state index is 14.0. The smallest absolute Gasteiger partial charge is 0.253 e. The molecule has 0 radical (unpaired) electrons. The number of amides is 1. The predicted octanol–water partition coefficient (Wildman–Crippen LogP) is 3.75. The number of carbonyl (C=O) groups excluding carboxylic acids is 1. The van der Waals surface area contributed by atoms with E-state index in [0.717, 1.165) is 30.2 Å². The molecule has 1 saturated heterocycles. The van der Waals surface area contributed by atoms with Crippen LogP contribution in [-0.4, -0.2) is 38.2 Å². The van der Waals surface area contributed by atoms with Crippen LogP contribution >= 0.6 is 11.6 Å². The van der Waals surface area contributed by atoms with Crippen LogP contribution in [0.25, 0.3) is 0 Å². The van der Waals surface area contributed by atoms with Crippen molar-refractivity contribution in [2.45, 2.75) is 25.4 Å². The van der Waals surface area contributed by atoms with Crippen molar-refractivity contribution in [2.75, 3.05) is 17.7 Å². The Labute approximate surface area is 186 Å². The Morgan fingerprint density at radius 1 is 1.35 bits per heavy atom. The van der Waals surface area contributed by atoms with Gasteiger partial charge in [-0.05, 0) is 48.9 Å². The van der Waals surface area contributed by atoms with Gasteiger partial charge in [0, 0.05) is 30.4 Å². The first-order valence-electron chi connectivity index (χ1n) is 10.00. The van der Waals surface area contributed by atoms with Crippen molar-refractivity contribution in [2.24, 2.45) is 11.8 Å². The highest BCUT2D eigenvalue weighted by Gasteiger charge is 2.54. The lowest BCUT2D eigenvalue weighted by atomic mass is 10.0. The number of pyridine rings is 1. The summed E-state index contributed by atoms with van der Waals surface area (Å²) in [4.78, 5) is 19.0. The number of anilines is 1. The van der Waals surface area contributed by atoms with Gasteiger partial charge in [0.2, 0.25) is 0 Å². The second-order valence-electron chi connectivity index (χ2n) is 8.23. The van der Waals surface area contributed by atoms with Gasteiger partial charge in [0.05, 0.1) is 16.6 Å². The molecule has 1 aromatic carbocycles. The molecule has 2 aliphatic rings. The summed E-state index contributed by atoms with van der Waals surface area (Å²) in [5, 5.41) is 3.93. The summed E-state index contributed by atoms with van der Waals surface area (Å²) >= 11 is 6.26. The second kappa shape index (κ2) is 8.24. The van der Waals surface area contributed by atoms with Crippen molar-refractivity contribution >= 4 is 33.2 Å². The summed E-state index contributed by atoms with van der Waals surface area (Å²) in [5.41, 5.74) is 1.13. The zero-order valence-electron chi connectivity index (χ0n) is 17.1. The molecule has 1 N–H and O–H groups in total. The molecule has 2 aromatic rings. The molecule has 31 heavy (non-hydrogen) atoms. The minimum atomic E-state index is -3.25. The summed E-state index contributed by atoms with van der Waals surface area (Å²) in [5.74, 6) is 0.892. The third-order valence-electron chi connectivity index (χ3n) is 5.73. The van der Waals surface area contributed by atoms with E-state index in [1.165, 1.54) is 18.3 Å². The largest absolute Gasteiger partial charge is 0.349 e. The van der Waals surface area contributed by atoms with Gasteiger partial charge >= 0.3 is 0 Å². The van der Waals surface area contributed by atoms with Gasteiger partial charge in [-0.15, -0.1) is 0 Å². The number of nitrogens with one attached hydrogen (secondary N) is 1. The first kappa shape index (κ1) is 21.8. The lowest BCUT2D eigenvalue weighted by Crippen LogP contribution is -2.31. The third kappa shape index (κ3) is 4.75. The Kier molecular flexibility index (Phi) is 5.79. The molecule has 6 nitrogen and oxygen atoms in total. The molecular weight excluding hydrogens is 441 g/mol. The maximum atomic E-state index is 14.0. The number of aromatic nitrogens is 1. The molecule has 164 valence electrons. The number of nitrogens with zero attached hydrogens (tertiary/aromatic N) is 2. The number of halogens is 2. The predicted molar refractivity (Wildman–Crippen MR) is 118 cm³/mol. The van der Waals surface area contributed by atoms with Crippen LogP contribution in [0.2, 0.25) is 5.02 Å². The minimum absolute atomic E-state index is 0.0403. The summed E-state index contributed by atoms with van der Waals surface area (Å²) < 4.78 is 36.4. The molecule has 0 bridgehead atoms. The van der Waals surface area contributed by atoms with Crippen LogP contribution in [0.15, 0.2) is 48.0 Å². The normalized spacial score (nSPS) is 23.6. The van der Waals surface area contributed by atoms with Gasteiger partial charge in [-0.2, -0.15) is 0 Å². The lowest BCUT2D eigenvalue weighted by molar-refractivity contribution is 0.0946. The Morgan fingerprint density at radius 3 is 2.81 bits per heavy atom. The van der Waals surface area contributed by atoms with E-state index in [-0.39, 0.29) is 17.0 Å². The van der Waals surface area contributed by atoms with E-state index in [4.69, 9.17) is 11.6 Å². The van der Waals surface area contributed by atoms with E-state index >= 15 is 0 Å². The summed E-state index contributed by atoms with van der Waals surface area (Å²) in [6.45, 7) is 2.50. The molecule has 0 spiro atoms. The molecule has 1 aliphatic heterocycles. The Balaban J connectivity index is 1.49. The molecule has 1 aromatic heterocycles. The second-order valence-corrected chi connectivity index (χ2v) is 10.5. The zero-order chi connectivity index (χ0) is 22.3. The van der Waals surface area contributed by atoms with Crippen LogP contribution in [0.5, 0.6) is 0 Å². The molecule has 1 amide bonds. The molecule has 4 rings (SSSR count). The summed E-state index contributed by atoms with van der Waals surface area (Å²) in [7, 11) is -3.25. The molecular formula is C22H23ClFN3O3S. The number of benzene rings is 1. The van der Waals surface area contributed by atoms with Gasteiger partial charge in [0.15, 0.2) is 9.84 Å². The van der Waals surface area contributed by atoms with Crippen LogP contribution in [0.3, 0.4) is 0 Å². The highest BCUT2D eigenvalue weighted by Crippen LogP contribution is 2.58. The minimum Gasteiger partial charge on any atom is -0.349 e. The van der Waals surface area contributed by atoms with E-state index < -0.39 is 21.7 Å². The van der Waals surface area contributed by atoms with Gasteiger partial charge in [-0.25, -0.2) is 17.8 Å². The van der Waals surface area contributed by atoms with Crippen molar-refractivity contribution in [1.29, 1.82) is 0 Å². The number of carbonyl (C=O) groups is 1. The highest BCUT2D eigenvalue weighted by molar-refractivity contribution is 7.93. The van der Waals surface area contributed by atoms with Gasteiger partial charge in [0.25, 0.3) is 5.91 Å². The number of hydrogen-bond acceptors (Lipinski definition) is 5. The molecule has 2 heterocycles. The zero-order valence-corrected chi connectivity index (χ0v) is 18.7. The quantitative estimate of drug-likeness (QED) is 0.705. The van der Waals surface area contributed by atoms with Crippen molar-refractivity contribution in [1.82, 2.24) is 10.3 Å². The van der Waals surface area contributed by atoms with Crippen LogP contribution in [-0.2, 0) is 9.84 Å². The molecule has 4 atom stereocenters. The standard InChI is InChI=1S/C22H23ClFN3O3S/c1-13(8-9-31(2,29)30)26-22(28)14-6-7-19(25-11-14)27-12-15-10-17(15)21(27)16-4-3-5-18(24)20(16)23/h3-9,11,13,15,17,21H,10,12H2,1-2H3,(H,26,28)/b9-8+/t13-,15-,17-,21-/m1/s1. The number of fused-ring (bicyclic) bond motifs is 1. The Morgan fingerprint density at radius 2 is 2.13 bits per heavy atom. The fourth-order valence-corrected chi connectivity index (χ4v) is 4.90. The number of piperidine rings is 1. The van der Waals surface area contributed by atoms with Gasteiger partial charge in [-0.3, -0.25) is 4.79 Å². The average molecular weight is 464 g/mol. The molecule has 2 fully saturated rings. The number of sulfone groups is 1.